The highest BCUT2D eigenvalue weighted by atomic mass is 16.1. The molecule has 0 atom stereocenters. The van der Waals surface area contributed by atoms with Crippen LogP contribution in [-0.4, -0.2) is 33.2 Å². The molecule has 3 rings (SSSR count). The number of aryl methyl sites for hydroxylation is 1. The van der Waals surface area contributed by atoms with Gasteiger partial charge in [-0.25, -0.2) is 9.98 Å². The van der Waals surface area contributed by atoms with Crippen LogP contribution in [0, 0.1) is 6.92 Å². The van der Waals surface area contributed by atoms with Crippen LogP contribution in [0.25, 0.3) is 0 Å². The molecule has 2 aromatic heterocycles. The van der Waals surface area contributed by atoms with Gasteiger partial charge in [-0.1, -0.05) is 0 Å². The van der Waals surface area contributed by atoms with Gasteiger partial charge in [0.1, 0.15) is 17.2 Å². The number of carbonyl (C=O) groups is 1. The van der Waals surface area contributed by atoms with Gasteiger partial charge in [0.15, 0.2) is 5.78 Å². The minimum absolute atomic E-state index is 0.0508. The third kappa shape index (κ3) is 2.09. The van der Waals surface area contributed by atoms with E-state index in [9.17, 15) is 4.79 Å². The fourth-order valence-corrected chi connectivity index (χ4v) is 2.28. The predicted molar refractivity (Wildman–Crippen MR) is 76.6 cm³/mol. The van der Waals surface area contributed by atoms with Crippen LogP contribution in [0.4, 0.5) is 11.5 Å². The quantitative estimate of drug-likeness (QED) is 0.889. The number of hydrogen-bond donors (Lipinski definition) is 2. The number of carbonyl (C=O) groups excluding carboxylic acids is 1. The molecular weight excluding hydrogens is 254 g/mol. The number of H-pyrrole nitrogens is 1. The highest BCUT2D eigenvalue weighted by molar-refractivity contribution is 6.47. The largest absolute Gasteiger partial charge is 0.370 e. The van der Waals surface area contributed by atoms with Crippen LogP contribution in [0.1, 0.15) is 23.9 Å². The number of hydrogen-bond acceptors (Lipinski definition) is 5. The molecule has 0 radical (unpaired) electrons. The molecule has 3 heterocycles. The Bertz CT molecular complexity index is 688. The van der Waals surface area contributed by atoms with Crippen molar-refractivity contribution in [3.05, 3.63) is 35.3 Å². The van der Waals surface area contributed by atoms with Gasteiger partial charge in [-0.15, -0.1) is 0 Å². The lowest BCUT2D eigenvalue weighted by atomic mass is 10.0. The summed E-state index contributed by atoms with van der Waals surface area (Å²) in [5, 5.41) is 9.90. The second-order valence-corrected chi connectivity index (χ2v) is 4.67. The van der Waals surface area contributed by atoms with E-state index in [0.29, 0.717) is 11.4 Å². The zero-order valence-electron chi connectivity index (χ0n) is 11.4. The number of fused-ring (bicyclic) bond motifs is 1. The highest BCUT2D eigenvalue weighted by Gasteiger charge is 2.25. The molecule has 0 saturated carbocycles. The van der Waals surface area contributed by atoms with Gasteiger partial charge in [-0.05, 0) is 31.5 Å². The summed E-state index contributed by atoms with van der Waals surface area (Å²) in [4.78, 5) is 21.1. The average molecular weight is 269 g/mol. The summed E-state index contributed by atoms with van der Waals surface area (Å²) in [6.07, 6.45) is 1.95. The molecule has 102 valence electrons. The number of Topliss-reactive ketones (excluding diaryl/α,β-unsaturated/α-hetero) is 1. The Morgan fingerprint density at radius 2 is 2.30 bits per heavy atom. The zero-order chi connectivity index (χ0) is 14.1. The van der Waals surface area contributed by atoms with E-state index in [-0.39, 0.29) is 12.2 Å². The van der Waals surface area contributed by atoms with E-state index in [4.69, 9.17) is 0 Å². The van der Waals surface area contributed by atoms with Crippen LogP contribution in [0.3, 0.4) is 0 Å². The van der Waals surface area contributed by atoms with Crippen LogP contribution in [0.15, 0.2) is 23.3 Å². The number of aliphatic imine (C=N–C) groups is 1. The van der Waals surface area contributed by atoms with Gasteiger partial charge >= 0.3 is 0 Å². The topological polar surface area (TPSA) is 83.0 Å². The molecule has 1 aliphatic rings. The predicted octanol–water partition coefficient (Wildman–Crippen LogP) is 1.79. The van der Waals surface area contributed by atoms with Crippen molar-refractivity contribution in [2.75, 3.05) is 11.9 Å². The van der Waals surface area contributed by atoms with E-state index >= 15 is 0 Å². The van der Waals surface area contributed by atoms with Crippen LogP contribution in [-0.2, 0) is 11.2 Å². The van der Waals surface area contributed by atoms with Crippen LogP contribution in [0.5, 0.6) is 0 Å². The first-order valence-electron chi connectivity index (χ1n) is 6.55. The molecule has 20 heavy (non-hydrogen) atoms. The number of nitrogens with zero attached hydrogens (tertiary/aromatic N) is 3. The number of anilines is 1. The molecule has 2 N–H and O–H groups in total. The number of aromatic amines is 1. The maximum atomic E-state index is 12.2. The fraction of sp³-hybridized carbons (Fsp3) is 0.286. The molecule has 6 heteroatoms. The van der Waals surface area contributed by atoms with Crippen LogP contribution >= 0.6 is 0 Å². The Labute approximate surface area is 116 Å². The summed E-state index contributed by atoms with van der Waals surface area (Å²) in [6.45, 7) is 4.78. The molecular formula is C14H15N5O. The summed E-state index contributed by atoms with van der Waals surface area (Å²) in [5.74, 6) is 0.736. The van der Waals surface area contributed by atoms with E-state index in [1.54, 1.807) is 12.3 Å². The Balaban J connectivity index is 2.09. The average Bonchev–Trinajstić information content (AvgIpc) is 2.92. The van der Waals surface area contributed by atoms with Crippen LogP contribution in [0.2, 0.25) is 0 Å². The van der Waals surface area contributed by atoms with E-state index in [1.165, 1.54) is 0 Å². The number of aromatic nitrogens is 3. The first-order valence-corrected chi connectivity index (χ1v) is 6.55. The summed E-state index contributed by atoms with van der Waals surface area (Å²) in [5.41, 5.74) is 3.50. The molecule has 6 nitrogen and oxygen atoms in total. The van der Waals surface area contributed by atoms with Crippen molar-refractivity contribution in [3.63, 3.8) is 0 Å². The van der Waals surface area contributed by atoms with Gasteiger partial charge in [0.2, 0.25) is 0 Å². The maximum Gasteiger partial charge on any atom is 0.189 e. The second kappa shape index (κ2) is 4.88. The van der Waals surface area contributed by atoms with Crippen molar-refractivity contribution < 1.29 is 4.79 Å². The Morgan fingerprint density at radius 1 is 1.45 bits per heavy atom. The number of pyridine rings is 1. The standard InChI is InChI=1S/C14H15N5O/c1-3-15-12-6-8(2)13-10(17-12)7-11(20)14(18-13)9-4-5-16-19-9/h4-6H,3,7H2,1-2H3,(H,15,17)(H,16,19). The lowest BCUT2D eigenvalue weighted by molar-refractivity contribution is -0.112. The summed E-state index contributed by atoms with van der Waals surface area (Å²) in [6, 6.07) is 3.70. The SMILES string of the molecule is CCNc1cc(C)c2c(n1)CC(=O)C(c1cc[nH]n1)=N2. The monoisotopic (exact) mass is 269 g/mol. The summed E-state index contributed by atoms with van der Waals surface area (Å²) < 4.78 is 0. The summed E-state index contributed by atoms with van der Waals surface area (Å²) >= 11 is 0. The first-order chi connectivity index (χ1) is 9.69. The van der Waals surface area contributed by atoms with Gasteiger partial charge in [0.25, 0.3) is 0 Å². The number of ketones is 1. The Hall–Kier alpha value is -2.50. The molecule has 2 aromatic rings. The molecule has 0 bridgehead atoms. The van der Waals surface area contributed by atoms with Crippen molar-refractivity contribution in [3.8, 4) is 0 Å². The molecule has 0 amide bonds. The van der Waals surface area contributed by atoms with Crippen molar-refractivity contribution in [1.29, 1.82) is 0 Å². The van der Waals surface area contributed by atoms with Crippen molar-refractivity contribution >= 4 is 23.0 Å². The van der Waals surface area contributed by atoms with E-state index < -0.39 is 0 Å². The van der Waals surface area contributed by atoms with Crippen molar-refractivity contribution in [2.24, 2.45) is 4.99 Å². The minimum atomic E-state index is -0.0508. The van der Waals surface area contributed by atoms with E-state index in [2.05, 4.69) is 25.5 Å². The van der Waals surface area contributed by atoms with Crippen molar-refractivity contribution in [2.45, 2.75) is 20.3 Å². The number of rotatable bonds is 3. The third-order valence-electron chi connectivity index (χ3n) is 3.17. The smallest absolute Gasteiger partial charge is 0.189 e. The van der Waals surface area contributed by atoms with E-state index in [1.807, 2.05) is 19.9 Å². The van der Waals surface area contributed by atoms with Gasteiger partial charge in [0.05, 0.1) is 17.8 Å². The lowest BCUT2D eigenvalue weighted by Crippen LogP contribution is -2.23. The fourth-order valence-electron chi connectivity index (χ4n) is 2.28. The van der Waals surface area contributed by atoms with Gasteiger partial charge < -0.3 is 5.32 Å². The van der Waals surface area contributed by atoms with E-state index in [0.717, 1.165) is 29.3 Å². The summed E-state index contributed by atoms with van der Waals surface area (Å²) in [7, 11) is 0. The molecule has 0 fully saturated rings. The zero-order valence-corrected chi connectivity index (χ0v) is 11.4. The van der Waals surface area contributed by atoms with Gasteiger partial charge in [-0.2, -0.15) is 5.10 Å². The number of nitrogens with one attached hydrogen (secondary N) is 2. The Morgan fingerprint density at radius 3 is 3.00 bits per heavy atom. The Kier molecular flexibility index (Phi) is 3.06. The molecule has 0 spiro atoms. The maximum absolute atomic E-state index is 12.2. The minimum Gasteiger partial charge on any atom is -0.370 e. The normalized spacial score (nSPS) is 13.9. The van der Waals surface area contributed by atoms with Gasteiger partial charge in [0, 0.05) is 12.7 Å². The molecule has 0 aliphatic carbocycles. The molecule has 0 unspecified atom stereocenters. The van der Waals surface area contributed by atoms with Crippen LogP contribution < -0.4 is 5.32 Å². The lowest BCUT2D eigenvalue weighted by Gasteiger charge is -2.16. The third-order valence-corrected chi connectivity index (χ3v) is 3.17. The van der Waals surface area contributed by atoms with Gasteiger partial charge in [-0.3, -0.25) is 9.89 Å². The first kappa shape index (κ1) is 12.5. The molecule has 1 aliphatic heterocycles. The highest BCUT2D eigenvalue weighted by Crippen LogP contribution is 2.30. The molecule has 0 aromatic carbocycles. The molecule has 0 saturated heterocycles. The van der Waals surface area contributed by atoms with Crippen molar-refractivity contribution in [1.82, 2.24) is 15.2 Å². The second-order valence-electron chi connectivity index (χ2n) is 4.67.